The Bertz CT molecular complexity index is 416. The highest BCUT2D eigenvalue weighted by Crippen LogP contribution is 2.59. The maximum atomic E-state index is 2.43. The van der Waals surface area contributed by atoms with Gasteiger partial charge in [-0.25, -0.2) is 0 Å². The van der Waals surface area contributed by atoms with Crippen LogP contribution in [0.25, 0.3) is 0 Å². The summed E-state index contributed by atoms with van der Waals surface area (Å²) in [5, 5.41) is 0. The Kier molecular flexibility index (Phi) is 3.23. The van der Waals surface area contributed by atoms with Gasteiger partial charge in [-0.2, -0.15) is 0 Å². The van der Waals surface area contributed by atoms with Gasteiger partial charge in [0, 0.05) is 0 Å². The molecule has 4 atom stereocenters. The van der Waals surface area contributed by atoms with E-state index in [0.717, 1.165) is 23.7 Å². The van der Waals surface area contributed by atoms with Gasteiger partial charge < -0.3 is 0 Å². The summed E-state index contributed by atoms with van der Waals surface area (Å²) in [5.74, 6) is 3.85. The van der Waals surface area contributed by atoms with Crippen LogP contribution < -0.4 is 0 Å². The smallest absolute Gasteiger partial charge is 0.0149 e. The zero-order chi connectivity index (χ0) is 14.7. The van der Waals surface area contributed by atoms with Crippen molar-refractivity contribution < 1.29 is 0 Å². The molecule has 0 spiro atoms. The summed E-state index contributed by atoms with van der Waals surface area (Å²) >= 11 is 0. The average Bonchev–Trinajstić information content (AvgIpc) is 2.38. The van der Waals surface area contributed by atoms with Crippen LogP contribution in [-0.2, 0) is 0 Å². The summed E-state index contributed by atoms with van der Waals surface area (Å²) in [5.41, 5.74) is 4.57. The normalized spacial score (nSPS) is 42.1. The van der Waals surface area contributed by atoms with Gasteiger partial charge in [0.1, 0.15) is 0 Å². The lowest BCUT2D eigenvalue weighted by Gasteiger charge is -2.56. The molecule has 6 aliphatic carbocycles. The Morgan fingerprint density at radius 1 is 0.750 bits per heavy atom. The van der Waals surface area contributed by atoms with E-state index in [1.165, 1.54) is 25.7 Å². The Hall–Kier alpha value is -0.520. The molecule has 0 amide bonds. The Labute approximate surface area is 125 Å². The highest BCUT2D eigenvalue weighted by atomic mass is 14.5. The van der Waals surface area contributed by atoms with E-state index in [1.54, 1.807) is 11.1 Å². The maximum Gasteiger partial charge on any atom is -0.0149 e. The van der Waals surface area contributed by atoms with Crippen LogP contribution in [0.15, 0.2) is 23.3 Å². The van der Waals surface area contributed by atoms with Crippen LogP contribution in [-0.4, -0.2) is 0 Å². The third kappa shape index (κ3) is 1.94. The van der Waals surface area contributed by atoms with Crippen molar-refractivity contribution in [1.82, 2.24) is 0 Å². The third-order valence-corrected chi connectivity index (χ3v) is 7.49. The fourth-order valence-electron chi connectivity index (χ4n) is 5.32. The molecule has 4 bridgehead atoms. The van der Waals surface area contributed by atoms with E-state index in [1.807, 2.05) is 0 Å². The number of allylic oxidation sites excluding steroid dienone is 4. The van der Waals surface area contributed by atoms with Crippen molar-refractivity contribution in [3.05, 3.63) is 23.3 Å². The van der Waals surface area contributed by atoms with Gasteiger partial charge in [-0.15, -0.1) is 0 Å². The van der Waals surface area contributed by atoms with Crippen LogP contribution in [0.3, 0.4) is 0 Å². The summed E-state index contributed by atoms with van der Waals surface area (Å²) in [6.07, 6.45) is 10.5. The highest BCUT2D eigenvalue weighted by Gasteiger charge is 2.50. The van der Waals surface area contributed by atoms with Crippen molar-refractivity contribution in [2.75, 3.05) is 0 Å². The molecule has 20 heavy (non-hydrogen) atoms. The maximum absolute atomic E-state index is 2.43. The summed E-state index contributed by atoms with van der Waals surface area (Å²) in [4.78, 5) is 0. The van der Waals surface area contributed by atoms with Crippen LogP contribution in [0.5, 0.6) is 0 Å². The van der Waals surface area contributed by atoms with E-state index < -0.39 is 0 Å². The molecule has 3 unspecified atom stereocenters. The summed E-state index contributed by atoms with van der Waals surface area (Å²) in [6.45, 7) is 14.3. The van der Waals surface area contributed by atoms with Crippen LogP contribution in [0, 0.1) is 34.5 Å². The van der Waals surface area contributed by atoms with Crippen molar-refractivity contribution >= 4 is 0 Å². The van der Waals surface area contributed by atoms with Crippen molar-refractivity contribution in [3.8, 4) is 0 Å². The third-order valence-electron chi connectivity index (χ3n) is 7.49. The molecule has 6 rings (SSSR count). The fourth-order valence-corrected chi connectivity index (χ4v) is 5.32. The van der Waals surface area contributed by atoms with E-state index in [4.69, 9.17) is 0 Å². The van der Waals surface area contributed by atoms with Gasteiger partial charge in [-0.1, -0.05) is 51.0 Å². The molecule has 0 aromatic carbocycles. The molecule has 0 aromatic rings. The minimum absolute atomic E-state index is 0.638. The SMILES string of the molecule is CC1=CCC2CC1C2(C)C.CC1=CCC2C[C@H]1C2(C)C. The lowest BCUT2D eigenvalue weighted by Crippen LogP contribution is -2.47. The van der Waals surface area contributed by atoms with Gasteiger partial charge in [0.05, 0.1) is 0 Å². The Morgan fingerprint density at radius 2 is 1.10 bits per heavy atom. The predicted molar refractivity (Wildman–Crippen MR) is 87.5 cm³/mol. The van der Waals surface area contributed by atoms with Crippen LogP contribution in [0.2, 0.25) is 0 Å². The first-order valence-corrected chi connectivity index (χ1v) is 8.58. The van der Waals surface area contributed by atoms with Gasteiger partial charge in [-0.3, -0.25) is 0 Å². The molecule has 112 valence electrons. The molecule has 6 aliphatic rings. The molecule has 2 fully saturated rings. The van der Waals surface area contributed by atoms with E-state index in [2.05, 4.69) is 53.7 Å². The summed E-state index contributed by atoms with van der Waals surface area (Å²) in [7, 11) is 0. The molecule has 2 saturated carbocycles. The fraction of sp³-hybridized carbons (Fsp3) is 0.800. The molecule has 0 heterocycles. The van der Waals surface area contributed by atoms with Crippen LogP contribution in [0.4, 0.5) is 0 Å². The largest absolute Gasteiger partial charge is 0.0850 e. The first-order valence-electron chi connectivity index (χ1n) is 8.58. The Morgan fingerprint density at radius 3 is 1.25 bits per heavy atom. The molecular weight excluding hydrogens is 240 g/mol. The van der Waals surface area contributed by atoms with Gasteiger partial charge in [0.25, 0.3) is 0 Å². The second-order valence-electron chi connectivity index (χ2n) is 8.98. The molecule has 0 N–H and O–H groups in total. The van der Waals surface area contributed by atoms with Gasteiger partial charge in [0.15, 0.2) is 0 Å². The molecule has 0 aromatic heterocycles. The summed E-state index contributed by atoms with van der Waals surface area (Å²) in [6, 6.07) is 0. The molecule has 0 saturated heterocycles. The van der Waals surface area contributed by atoms with Crippen molar-refractivity contribution in [2.24, 2.45) is 34.5 Å². The zero-order valence-electron chi connectivity index (χ0n) is 14.3. The second kappa shape index (κ2) is 4.49. The van der Waals surface area contributed by atoms with Gasteiger partial charge in [0.2, 0.25) is 0 Å². The van der Waals surface area contributed by atoms with E-state index in [9.17, 15) is 0 Å². The van der Waals surface area contributed by atoms with E-state index in [-0.39, 0.29) is 0 Å². The monoisotopic (exact) mass is 272 g/mol. The first-order chi connectivity index (χ1) is 9.24. The number of hydrogen-bond acceptors (Lipinski definition) is 0. The summed E-state index contributed by atoms with van der Waals surface area (Å²) < 4.78 is 0. The van der Waals surface area contributed by atoms with Crippen molar-refractivity contribution in [1.29, 1.82) is 0 Å². The number of fused-ring (bicyclic) bond motifs is 2. The van der Waals surface area contributed by atoms with Crippen molar-refractivity contribution in [2.45, 2.75) is 67.2 Å². The van der Waals surface area contributed by atoms with Gasteiger partial charge >= 0.3 is 0 Å². The molecule has 0 radical (unpaired) electrons. The predicted octanol–water partition coefficient (Wildman–Crippen LogP) is 6.00. The Balaban J connectivity index is 0.000000121. The highest BCUT2D eigenvalue weighted by molar-refractivity contribution is 5.21. The lowest BCUT2D eigenvalue weighted by atomic mass is 9.49. The van der Waals surface area contributed by atoms with Crippen LogP contribution >= 0.6 is 0 Å². The molecule has 0 heteroatoms. The number of rotatable bonds is 0. The number of hydrogen-bond donors (Lipinski definition) is 0. The average molecular weight is 272 g/mol. The molecular formula is C20H32. The first kappa shape index (κ1) is 14.4. The van der Waals surface area contributed by atoms with Crippen molar-refractivity contribution in [3.63, 3.8) is 0 Å². The standard InChI is InChI=1S/2C10H16/c2*1-7-4-5-8-6-9(7)10(8,2)3/h2*4,8-9H,5-6H2,1-3H3/t8?,9-;/m1./s1. The minimum atomic E-state index is 0.638. The molecule has 0 nitrogen and oxygen atoms in total. The molecule has 0 aliphatic heterocycles. The van der Waals surface area contributed by atoms with Gasteiger partial charge in [-0.05, 0) is 74.0 Å². The lowest BCUT2D eigenvalue weighted by molar-refractivity contribution is -0.00583. The van der Waals surface area contributed by atoms with E-state index >= 15 is 0 Å². The topological polar surface area (TPSA) is 0 Å². The van der Waals surface area contributed by atoms with Crippen LogP contribution in [0.1, 0.15) is 67.2 Å². The minimum Gasteiger partial charge on any atom is -0.0850 e. The quantitative estimate of drug-likeness (QED) is 0.475. The second-order valence-corrected chi connectivity index (χ2v) is 8.98. The zero-order valence-corrected chi connectivity index (χ0v) is 14.3. The van der Waals surface area contributed by atoms with E-state index in [0.29, 0.717) is 10.8 Å².